The first-order valence-electron chi connectivity index (χ1n) is 9.77. The minimum atomic E-state index is 0.156. The first-order valence-corrected chi connectivity index (χ1v) is 11.0. The molecule has 1 saturated heterocycles. The van der Waals surface area contributed by atoms with Gasteiger partial charge in [-0.1, -0.05) is 51.8 Å². The molecule has 1 fully saturated rings. The number of phenolic OH excluding ortho intramolecular Hbond substituents is 1. The van der Waals surface area contributed by atoms with Crippen molar-refractivity contribution in [1.82, 2.24) is 4.31 Å². The number of benzene rings is 1. The first-order chi connectivity index (χ1) is 13.5. The van der Waals surface area contributed by atoms with Gasteiger partial charge in [-0.25, -0.2) is 0 Å². The average molecular weight is 413 g/mol. The van der Waals surface area contributed by atoms with E-state index in [9.17, 15) is 5.11 Å². The van der Waals surface area contributed by atoms with Crippen LogP contribution >= 0.6 is 11.9 Å². The summed E-state index contributed by atoms with van der Waals surface area (Å²) in [5.41, 5.74) is 19.8. The summed E-state index contributed by atoms with van der Waals surface area (Å²) in [5.74, 6) is 0.766. The van der Waals surface area contributed by atoms with Crippen molar-refractivity contribution in [2.24, 2.45) is 23.1 Å². The molecule has 1 heterocycles. The highest BCUT2D eigenvalue weighted by Gasteiger charge is 2.22. The summed E-state index contributed by atoms with van der Waals surface area (Å²) in [6, 6.07) is 6.99. The zero-order valence-corrected chi connectivity index (χ0v) is 19.1. The number of nitrogens with two attached hydrogens (primary N) is 3. The number of hydrogen-bond donors (Lipinski definition) is 5. The van der Waals surface area contributed by atoms with Gasteiger partial charge in [0.05, 0.1) is 5.82 Å². The van der Waals surface area contributed by atoms with E-state index in [0.29, 0.717) is 23.0 Å². The lowest BCUT2D eigenvalue weighted by atomic mass is 9.88. The Morgan fingerprint density at radius 1 is 1.04 bits per heavy atom. The van der Waals surface area contributed by atoms with Crippen LogP contribution < -0.4 is 17.2 Å². The number of rotatable bonds is 4. The molecule has 0 aliphatic carbocycles. The van der Waals surface area contributed by atoms with E-state index >= 15 is 0 Å². The molecule has 8 N–H and O–H groups in total. The number of nitrogens with zero attached hydrogens (tertiary/aromatic N) is 1. The molecular formula is C21H40N4O2S. The Bertz CT molecular complexity index is 580. The van der Waals surface area contributed by atoms with Gasteiger partial charge < -0.3 is 27.4 Å². The van der Waals surface area contributed by atoms with Gasteiger partial charge in [-0.05, 0) is 48.8 Å². The van der Waals surface area contributed by atoms with Crippen LogP contribution in [0.15, 0.2) is 41.7 Å². The fourth-order valence-electron chi connectivity index (χ4n) is 2.75. The molecule has 0 aromatic heterocycles. The molecule has 0 bridgehead atoms. The highest BCUT2D eigenvalue weighted by molar-refractivity contribution is 7.96. The van der Waals surface area contributed by atoms with E-state index in [1.165, 1.54) is 0 Å². The van der Waals surface area contributed by atoms with Gasteiger partial charge in [0.25, 0.3) is 0 Å². The summed E-state index contributed by atoms with van der Waals surface area (Å²) >= 11 is 1.76. The largest absolute Gasteiger partial charge is 0.507 e. The van der Waals surface area contributed by atoms with Gasteiger partial charge in [-0.3, -0.25) is 4.31 Å². The van der Waals surface area contributed by atoms with E-state index in [1.807, 2.05) is 39.8 Å². The molecule has 6 nitrogen and oxygen atoms in total. The lowest BCUT2D eigenvalue weighted by Crippen LogP contribution is -2.30. The predicted octanol–water partition coefficient (Wildman–Crippen LogP) is 3.47. The van der Waals surface area contributed by atoms with Gasteiger partial charge in [0.1, 0.15) is 5.75 Å². The molecule has 0 unspecified atom stereocenters. The summed E-state index contributed by atoms with van der Waals surface area (Å²) < 4.78 is 2.33. The van der Waals surface area contributed by atoms with Crippen LogP contribution in [-0.2, 0) is 0 Å². The number of hydrogen-bond acceptors (Lipinski definition) is 7. The molecule has 2 rings (SSSR count). The summed E-state index contributed by atoms with van der Waals surface area (Å²) in [7, 11) is 1.00. The van der Waals surface area contributed by atoms with Crippen molar-refractivity contribution in [2.75, 3.05) is 26.5 Å². The highest BCUT2D eigenvalue weighted by atomic mass is 32.2. The van der Waals surface area contributed by atoms with Crippen LogP contribution in [0, 0.1) is 5.92 Å². The molecule has 1 aliphatic rings. The van der Waals surface area contributed by atoms with E-state index in [0.717, 1.165) is 38.6 Å². The van der Waals surface area contributed by atoms with Crippen molar-refractivity contribution < 1.29 is 10.2 Å². The van der Waals surface area contributed by atoms with Crippen LogP contribution in [0.25, 0.3) is 5.70 Å². The number of phenols is 1. The number of piperidine rings is 1. The minimum absolute atomic E-state index is 0.156. The molecule has 0 atom stereocenters. The lowest BCUT2D eigenvalue weighted by molar-refractivity contribution is 0.322. The predicted molar refractivity (Wildman–Crippen MR) is 124 cm³/mol. The molecule has 0 spiro atoms. The Morgan fingerprint density at radius 2 is 1.54 bits per heavy atom. The second-order valence-corrected chi connectivity index (χ2v) is 6.29. The van der Waals surface area contributed by atoms with Crippen molar-refractivity contribution in [3.8, 4) is 5.75 Å². The molecule has 1 aromatic carbocycles. The highest BCUT2D eigenvalue weighted by Crippen LogP contribution is 2.30. The molecule has 1 aliphatic heterocycles. The third-order valence-electron chi connectivity index (χ3n) is 4.01. The third kappa shape index (κ3) is 9.39. The van der Waals surface area contributed by atoms with Crippen LogP contribution in [-0.4, -0.2) is 41.0 Å². The van der Waals surface area contributed by atoms with Gasteiger partial charge in [-0.2, -0.15) is 0 Å². The van der Waals surface area contributed by atoms with E-state index < -0.39 is 0 Å². The number of aliphatic hydroxyl groups excluding tert-OH is 1. The zero-order chi connectivity index (χ0) is 22.1. The van der Waals surface area contributed by atoms with Crippen molar-refractivity contribution in [3.63, 3.8) is 0 Å². The standard InChI is InChI=1S/C16H24N4OS.2C2H6.CH4O/c1-22-20-8-6-11(7-9-20)13(16(18)19)10-14(17)12-4-2-3-5-15(12)21;3*1-2/h2-5,10-11,21H,6-9,17-19H2,1H3;2*1-2H3;2H,1H3/b14-10-;;;. The number of aliphatic hydroxyl groups is 1. The normalized spacial score (nSPS) is 14.3. The van der Waals surface area contributed by atoms with E-state index in [-0.39, 0.29) is 5.75 Å². The Labute approximate surface area is 175 Å². The van der Waals surface area contributed by atoms with Gasteiger partial charge >= 0.3 is 0 Å². The third-order valence-corrected chi connectivity index (χ3v) is 4.89. The van der Waals surface area contributed by atoms with Crippen LogP contribution in [0.4, 0.5) is 0 Å². The summed E-state index contributed by atoms with van der Waals surface area (Å²) in [6.45, 7) is 10.0. The van der Waals surface area contributed by atoms with E-state index in [1.54, 1.807) is 30.1 Å². The Balaban J connectivity index is 0. The monoisotopic (exact) mass is 412 g/mol. The lowest BCUT2D eigenvalue weighted by Gasteiger charge is -2.31. The first kappa shape index (κ1) is 28.4. The zero-order valence-electron chi connectivity index (χ0n) is 18.3. The van der Waals surface area contributed by atoms with Crippen LogP contribution in [0.2, 0.25) is 0 Å². The van der Waals surface area contributed by atoms with E-state index in [2.05, 4.69) is 10.6 Å². The molecule has 7 heteroatoms. The molecule has 0 saturated carbocycles. The number of para-hydroxylation sites is 1. The maximum atomic E-state index is 9.90. The molecule has 28 heavy (non-hydrogen) atoms. The van der Waals surface area contributed by atoms with Crippen LogP contribution in [0.3, 0.4) is 0 Å². The Morgan fingerprint density at radius 3 is 1.96 bits per heavy atom. The molecule has 0 radical (unpaired) electrons. The van der Waals surface area contributed by atoms with Crippen molar-refractivity contribution in [2.45, 2.75) is 40.5 Å². The summed E-state index contributed by atoms with van der Waals surface area (Å²) in [4.78, 5) is 0. The van der Waals surface area contributed by atoms with E-state index in [4.69, 9.17) is 22.3 Å². The maximum Gasteiger partial charge on any atom is 0.124 e. The maximum absolute atomic E-state index is 9.90. The summed E-state index contributed by atoms with van der Waals surface area (Å²) in [5, 5.41) is 16.9. The van der Waals surface area contributed by atoms with Crippen LogP contribution in [0.1, 0.15) is 46.1 Å². The van der Waals surface area contributed by atoms with Crippen molar-refractivity contribution in [3.05, 3.63) is 47.3 Å². The fraction of sp³-hybridized carbons (Fsp3) is 0.524. The van der Waals surface area contributed by atoms with Crippen LogP contribution in [0.5, 0.6) is 5.75 Å². The second kappa shape index (κ2) is 17.3. The topological polar surface area (TPSA) is 122 Å². The number of allylic oxidation sites excluding steroid dienone is 2. The molecule has 1 aromatic rings. The quantitative estimate of drug-likeness (QED) is 0.379. The Hall–Kier alpha value is -1.83. The number of aromatic hydroxyl groups is 1. The second-order valence-electron chi connectivity index (χ2n) is 5.41. The smallest absolute Gasteiger partial charge is 0.124 e. The van der Waals surface area contributed by atoms with Crippen molar-refractivity contribution in [1.29, 1.82) is 0 Å². The minimum Gasteiger partial charge on any atom is -0.507 e. The van der Waals surface area contributed by atoms with Crippen molar-refractivity contribution >= 4 is 17.6 Å². The summed E-state index contributed by atoms with van der Waals surface area (Å²) in [6.07, 6.45) is 5.89. The fourth-order valence-corrected chi connectivity index (χ4v) is 3.33. The SMILES string of the molecule is CC.CC.CO.CSN1CCC(C(/C=C(\N)c2ccccc2O)=C(N)N)CC1. The molecule has 162 valence electrons. The van der Waals surface area contributed by atoms with Gasteiger partial charge in [0.2, 0.25) is 0 Å². The Kier molecular flexibility index (Phi) is 17.5. The average Bonchev–Trinajstić information content (AvgIpc) is 2.76. The van der Waals surface area contributed by atoms with Gasteiger partial charge in [-0.15, -0.1) is 0 Å². The molecule has 0 amide bonds. The molecular weight excluding hydrogens is 372 g/mol. The van der Waals surface area contributed by atoms with Gasteiger partial charge in [0, 0.05) is 31.5 Å². The van der Waals surface area contributed by atoms with Gasteiger partial charge in [0.15, 0.2) is 0 Å².